The maximum absolute atomic E-state index is 12.1. The average Bonchev–Trinajstić information content (AvgIpc) is 2.44. The number of amides is 2. The number of hydrogen-bond donors (Lipinski definition) is 3. The summed E-state index contributed by atoms with van der Waals surface area (Å²) in [5.41, 5.74) is 1.43. The van der Waals surface area contributed by atoms with Gasteiger partial charge in [-0.2, -0.15) is 0 Å². The van der Waals surface area contributed by atoms with E-state index in [1.54, 1.807) is 6.07 Å². The van der Waals surface area contributed by atoms with Crippen molar-refractivity contribution in [2.45, 2.75) is 39.7 Å². The molecule has 0 atom stereocenters. The lowest BCUT2D eigenvalue weighted by Crippen LogP contribution is -2.34. The monoisotopic (exact) mass is 291 g/mol. The Morgan fingerprint density at radius 3 is 2.52 bits per heavy atom. The molecule has 2 amide bonds. The lowest BCUT2D eigenvalue weighted by atomic mass is 10.1. The first-order valence-electron chi connectivity index (χ1n) is 7.45. The van der Waals surface area contributed by atoms with Crippen LogP contribution in [-0.2, 0) is 4.79 Å². The molecule has 0 unspecified atom stereocenters. The van der Waals surface area contributed by atoms with Gasteiger partial charge in [0.1, 0.15) is 0 Å². The highest BCUT2D eigenvalue weighted by Gasteiger charge is 2.11. The Labute approximate surface area is 126 Å². The van der Waals surface area contributed by atoms with Crippen LogP contribution in [0.1, 0.15) is 44.0 Å². The SMILES string of the molecule is CCCNc1ccccc1C(=O)NCCC(=O)NC(C)C. The molecule has 1 rings (SSSR count). The van der Waals surface area contributed by atoms with Crippen LogP contribution < -0.4 is 16.0 Å². The molecule has 0 aliphatic rings. The van der Waals surface area contributed by atoms with Crippen LogP contribution >= 0.6 is 0 Å². The molecule has 5 heteroatoms. The standard InChI is InChI=1S/C16H25N3O2/c1-4-10-17-14-8-6-5-7-13(14)16(21)18-11-9-15(20)19-12(2)3/h5-8,12,17H,4,9-11H2,1-3H3,(H,18,21)(H,19,20). The van der Waals surface area contributed by atoms with Crippen LogP contribution in [0, 0.1) is 0 Å². The minimum atomic E-state index is -0.161. The normalized spacial score (nSPS) is 10.3. The van der Waals surface area contributed by atoms with Crippen LogP contribution in [0.4, 0.5) is 5.69 Å². The van der Waals surface area contributed by atoms with Gasteiger partial charge >= 0.3 is 0 Å². The van der Waals surface area contributed by atoms with Gasteiger partial charge in [0, 0.05) is 31.2 Å². The Kier molecular flexibility index (Phi) is 7.29. The van der Waals surface area contributed by atoms with Crippen LogP contribution in [0.2, 0.25) is 0 Å². The molecule has 3 N–H and O–H groups in total. The zero-order valence-corrected chi connectivity index (χ0v) is 13.0. The molecule has 0 aromatic heterocycles. The summed E-state index contributed by atoms with van der Waals surface area (Å²) < 4.78 is 0. The molecule has 0 bridgehead atoms. The van der Waals surface area contributed by atoms with E-state index in [0.29, 0.717) is 12.1 Å². The first-order chi connectivity index (χ1) is 10.0. The van der Waals surface area contributed by atoms with Gasteiger partial charge < -0.3 is 16.0 Å². The lowest BCUT2D eigenvalue weighted by Gasteiger charge is -2.12. The Morgan fingerprint density at radius 2 is 1.86 bits per heavy atom. The second kappa shape index (κ2) is 9.00. The van der Waals surface area contributed by atoms with Crippen molar-refractivity contribution < 1.29 is 9.59 Å². The van der Waals surface area contributed by atoms with Crippen molar-refractivity contribution in [3.8, 4) is 0 Å². The summed E-state index contributed by atoms with van der Waals surface area (Å²) in [6.45, 7) is 7.04. The number of anilines is 1. The molecule has 0 saturated carbocycles. The van der Waals surface area contributed by atoms with Gasteiger partial charge in [0.15, 0.2) is 0 Å². The minimum absolute atomic E-state index is 0.0531. The molecule has 116 valence electrons. The topological polar surface area (TPSA) is 70.2 Å². The van der Waals surface area contributed by atoms with Gasteiger partial charge in [0.05, 0.1) is 5.56 Å². The smallest absolute Gasteiger partial charge is 0.253 e. The molecule has 1 aromatic carbocycles. The summed E-state index contributed by atoms with van der Waals surface area (Å²) in [5, 5.41) is 8.80. The summed E-state index contributed by atoms with van der Waals surface area (Å²) in [7, 11) is 0. The maximum atomic E-state index is 12.1. The Hall–Kier alpha value is -2.04. The van der Waals surface area contributed by atoms with E-state index in [-0.39, 0.29) is 24.3 Å². The van der Waals surface area contributed by atoms with Crippen molar-refractivity contribution in [3.05, 3.63) is 29.8 Å². The number of nitrogens with one attached hydrogen (secondary N) is 3. The van der Waals surface area contributed by atoms with E-state index in [9.17, 15) is 9.59 Å². The van der Waals surface area contributed by atoms with Gasteiger partial charge in [0.2, 0.25) is 5.91 Å². The van der Waals surface area contributed by atoms with Gasteiger partial charge in [-0.1, -0.05) is 19.1 Å². The van der Waals surface area contributed by atoms with Crippen molar-refractivity contribution >= 4 is 17.5 Å². The molecule has 0 aliphatic carbocycles. The van der Waals surface area contributed by atoms with Gasteiger partial charge in [-0.25, -0.2) is 0 Å². The third-order valence-electron chi connectivity index (χ3n) is 2.82. The molecule has 0 fully saturated rings. The predicted octanol–water partition coefficient (Wildman–Crippen LogP) is 2.15. The molecular weight excluding hydrogens is 266 g/mol. The first kappa shape index (κ1) is 17.0. The fourth-order valence-electron chi connectivity index (χ4n) is 1.87. The van der Waals surface area contributed by atoms with Crippen LogP contribution in [0.25, 0.3) is 0 Å². The maximum Gasteiger partial charge on any atom is 0.253 e. The predicted molar refractivity (Wildman–Crippen MR) is 85.5 cm³/mol. The first-order valence-corrected chi connectivity index (χ1v) is 7.45. The highest BCUT2D eigenvalue weighted by Crippen LogP contribution is 2.14. The summed E-state index contributed by atoms with van der Waals surface area (Å²) >= 11 is 0. The number of rotatable bonds is 8. The second-order valence-corrected chi connectivity index (χ2v) is 5.20. The van der Waals surface area contributed by atoms with Crippen LogP contribution in [0.5, 0.6) is 0 Å². The van der Waals surface area contributed by atoms with Gasteiger partial charge in [-0.3, -0.25) is 9.59 Å². The van der Waals surface area contributed by atoms with Crippen molar-refractivity contribution in [3.63, 3.8) is 0 Å². The van der Waals surface area contributed by atoms with Crippen molar-refractivity contribution in [2.75, 3.05) is 18.4 Å². The Bertz CT molecular complexity index is 472. The number of hydrogen-bond acceptors (Lipinski definition) is 3. The van der Waals surface area contributed by atoms with Crippen molar-refractivity contribution in [1.29, 1.82) is 0 Å². The van der Waals surface area contributed by atoms with Crippen LogP contribution in [-0.4, -0.2) is 30.9 Å². The highest BCUT2D eigenvalue weighted by atomic mass is 16.2. The zero-order valence-electron chi connectivity index (χ0n) is 13.0. The summed E-state index contributed by atoms with van der Waals surface area (Å²) in [6, 6.07) is 7.51. The van der Waals surface area contributed by atoms with Crippen LogP contribution in [0.15, 0.2) is 24.3 Å². The fraction of sp³-hybridized carbons (Fsp3) is 0.500. The number of carbonyl (C=O) groups is 2. The summed E-state index contributed by atoms with van der Waals surface area (Å²) in [6.07, 6.45) is 1.28. The molecular formula is C16H25N3O2. The van der Waals surface area contributed by atoms with E-state index in [2.05, 4.69) is 22.9 Å². The van der Waals surface area contributed by atoms with E-state index in [1.165, 1.54) is 0 Å². The quantitative estimate of drug-likeness (QED) is 0.687. The summed E-state index contributed by atoms with van der Waals surface area (Å²) in [5.74, 6) is -0.214. The third-order valence-corrected chi connectivity index (χ3v) is 2.82. The molecule has 1 aromatic rings. The molecule has 0 saturated heterocycles. The average molecular weight is 291 g/mol. The van der Waals surface area contributed by atoms with E-state index in [0.717, 1.165) is 18.7 Å². The minimum Gasteiger partial charge on any atom is -0.384 e. The molecule has 0 heterocycles. The lowest BCUT2D eigenvalue weighted by molar-refractivity contribution is -0.121. The molecule has 0 aliphatic heterocycles. The third kappa shape index (κ3) is 6.29. The van der Waals surface area contributed by atoms with E-state index < -0.39 is 0 Å². The van der Waals surface area contributed by atoms with Crippen molar-refractivity contribution in [1.82, 2.24) is 10.6 Å². The molecule has 5 nitrogen and oxygen atoms in total. The number of para-hydroxylation sites is 1. The Balaban J connectivity index is 2.50. The summed E-state index contributed by atoms with van der Waals surface area (Å²) in [4.78, 5) is 23.7. The largest absolute Gasteiger partial charge is 0.384 e. The second-order valence-electron chi connectivity index (χ2n) is 5.20. The fourth-order valence-corrected chi connectivity index (χ4v) is 1.87. The van der Waals surface area contributed by atoms with Crippen LogP contribution in [0.3, 0.4) is 0 Å². The Morgan fingerprint density at radius 1 is 1.14 bits per heavy atom. The van der Waals surface area contributed by atoms with E-state index >= 15 is 0 Å². The van der Waals surface area contributed by atoms with Gasteiger partial charge in [-0.05, 0) is 32.4 Å². The van der Waals surface area contributed by atoms with Crippen molar-refractivity contribution in [2.24, 2.45) is 0 Å². The van der Waals surface area contributed by atoms with Gasteiger partial charge in [-0.15, -0.1) is 0 Å². The molecule has 0 spiro atoms. The van der Waals surface area contributed by atoms with E-state index in [1.807, 2.05) is 32.0 Å². The van der Waals surface area contributed by atoms with E-state index in [4.69, 9.17) is 0 Å². The highest BCUT2D eigenvalue weighted by molar-refractivity contribution is 5.99. The number of carbonyl (C=O) groups excluding carboxylic acids is 2. The van der Waals surface area contributed by atoms with Gasteiger partial charge in [0.25, 0.3) is 5.91 Å². The molecule has 21 heavy (non-hydrogen) atoms. The number of benzene rings is 1. The molecule has 0 radical (unpaired) electrons. The zero-order chi connectivity index (χ0) is 15.7.